The first kappa shape index (κ1) is 21.4. The molecule has 33 heavy (non-hydrogen) atoms. The number of aryl methyl sites for hydroxylation is 2. The first-order valence-electron chi connectivity index (χ1n) is 11.1. The van der Waals surface area contributed by atoms with E-state index in [1.165, 1.54) is 5.56 Å². The van der Waals surface area contributed by atoms with Gasteiger partial charge in [-0.15, -0.1) is 0 Å². The summed E-state index contributed by atoms with van der Waals surface area (Å²) in [5, 5.41) is 0. The topological polar surface area (TPSA) is 61.5 Å². The number of fused-ring (bicyclic) bond motifs is 1. The third-order valence-corrected chi connectivity index (χ3v) is 6.41. The number of hydrogen-bond donors (Lipinski definition) is 0. The Morgan fingerprint density at radius 2 is 1.88 bits per heavy atom. The van der Waals surface area contributed by atoms with Crippen LogP contribution in [0.3, 0.4) is 0 Å². The second-order valence-corrected chi connectivity index (χ2v) is 8.52. The minimum absolute atomic E-state index is 0.00273. The van der Waals surface area contributed by atoms with E-state index in [9.17, 15) is 4.79 Å². The second kappa shape index (κ2) is 8.84. The summed E-state index contributed by atoms with van der Waals surface area (Å²) in [7, 11) is 5.30. The zero-order valence-electron chi connectivity index (χ0n) is 19.2. The molecule has 0 radical (unpaired) electrons. The lowest BCUT2D eigenvalue weighted by atomic mass is 10.1. The van der Waals surface area contributed by atoms with Gasteiger partial charge < -0.3 is 9.47 Å². The molecule has 0 spiro atoms. The number of hydrogen-bond acceptors (Lipinski definition) is 5. The van der Waals surface area contributed by atoms with E-state index in [1.54, 1.807) is 16.2 Å². The van der Waals surface area contributed by atoms with Crippen LogP contribution in [0.1, 0.15) is 17.4 Å². The van der Waals surface area contributed by atoms with Crippen molar-refractivity contribution >= 4 is 11.0 Å². The van der Waals surface area contributed by atoms with Gasteiger partial charge in [-0.05, 0) is 41.5 Å². The van der Waals surface area contributed by atoms with Gasteiger partial charge in [-0.3, -0.25) is 19.0 Å². The van der Waals surface area contributed by atoms with Crippen LogP contribution in [0.4, 0.5) is 0 Å². The van der Waals surface area contributed by atoms with Gasteiger partial charge in [-0.25, -0.2) is 4.79 Å². The van der Waals surface area contributed by atoms with Crippen molar-refractivity contribution in [1.82, 2.24) is 19.0 Å². The number of imidazole rings is 1. The number of methoxy groups -OCH3 is 1. The van der Waals surface area contributed by atoms with Crippen molar-refractivity contribution in [1.29, 1.82) is 0 Å². The van der Waals surface area contributed by atoms with E-state index in [1.807, 2.05) is 44.6 Å². The van der Waals surface area contributed by atoms with Crippen LogP contribution in [-0.4, -0.2) is 45.8 Å². The normalized spacial score (nSPS) is 16.9. The SMILES string of the molecule is COc1cccc(-c2ccc(C3CN(Cc4ccc5c(c4)n(C)c(=O)n5C)CCO3)nc2)c1. The first-order valence-corrected chi connectivity index (χ1v) is 11.1. The highest BCUT2D eigenvalue weighted by molar-refractivity contribution is 5.76. The number of morpholine rings is 1. The second-order valence-electron chi connectivity index (χ2n) is 8.52. The van der Waals surface area contributed by atoms with Crippen LogP contribution in [0, 0.1) is 0 Å². The number of rotatable bonds is 5. The summed E-state index contributed by atoms with van der Waals surface area (Å²) in [6.07, 6.45) is 1.83. The molecule has 1 unspecified atom stereocenters. The van der Waals surface area contributed by atoms with Crippen molar-refractivity contribution < 1.29 is 9.47 Å². The maximum atomic E-state index is 12.2. The maximum Gasteiger partial charge on any atom is 0.328 e. The summed E-state index contributed by atoms with van der Waals surface area (Å²) >= 11 is 0. The summed E-state index contributed by atoms with van der Waals surface area (Å²) in [6, 6.07) is 18.4. The summed E-state index contributed by atoms with van der Waals surface area (Å²) in [6.45, 7) is 3.11. The molecule has 3 heterocycles. The van der Waals surface area contributed by atoms with Gasteiger partial charge in [0, 0.05) is 45.5 Å². The molecule has 2 aromatic carbocycles. The van der Waals surface area contributed by atoms with E-state index in [-0.39, 0.29) is 11.8 Å². The van der Waals surface area contributed by atoms with Crippen LogP contribution >= 0.6 is 0 Å². The molecule has 1 fully saturated rings. The number of ether oxygens (including phenoxy) is 2. The zero-order valence-corrected chi connectivity index (χ0v) is 19.2. The number of pyridine rings is 1. The Balaban J connectivity index is 1.30. The molecule has 0 saturated carbocycles. The van der Waals surface area contributed by atoms with Crippen LogP contribution in [0.25, 0.3) is 22.2 Å². The monoisotopic (exact) mass is 444 g/mol. The van der Waals surface area contributed by atoms with Crippen LogP contribution in [0.5, 0.6) is 5.75 Å². The lowest BCUT2D eigenvalue weighted by Gasteiger charge is -2.32. The van der Waals surface area contributed by atoms with Crippen molar-refractivity contribution in [2.24, 2.45) is 14.1 Å². The van der Waals surface area contributed by atoms with Crippen molar-refractivity contribution in [3.8, 4) is 16.9 Å². The molecule has 0 amide bonds. The third kappa shape index (κ3) is 4.17. The molecule has 7 nitrogen and oxygen atoms in total. The maximum absolute atomic E-state index is 12.2. The molecule has 1 aliphatic rings. The fourth-order valence-corrected chi connectivity index (χ4v) is 4.50. The molecule has 0 aliphatic carbocycles. The van der Waals surface area contributed by atoms with Gasteiger partial charge in [0.2, 0.25) is 0 Å². The first-order chi connectivity index (χ1) is 16.0. The molecule has 4 aromatic rings. The molecular formula is C26H28N4O3. The standard InChI is InChI=1S/C26H28N4O3/c1-28-23-10-7-18(13-24(23)29(2)26(28)31)16-30-11-12-33-25(17-30)22-9-8-20(15-27-22)19-5-4-6-21(14-19)32-3/h4-10,13-15,25H,11-12,16-17H2,1-3H3. The molecule has 7 heteroatoms. The van der Waals surface area contributed by atoms with Crippen molar-refractivity contribution in [2.45, 2.75) is 12.6 Å². The Labute approximate surface area is 192 Å². The third-order valence-electron chi connectivity index (χ3n) is 6.41. The van der Waals surface area contributed by atoms with Gasteiger partial charge in [0.1, 0.15) is 11.9 Å². The van der Waals surface area contributed by atoms with Gasteiger partial charge in [0.15, 0.2) is 0 Å². The molecular weight excluding hydrogens is 416 g/mol. The summed E-state index contributed by atoms with van der Waals surface area (Å²) in [5.74, 6) is 0.830. The summed E-state index contributed by atoms with van der Waals surface area (Å²) in [5.41, 5.74) is 6.15. The zero-order chi connectivity index (χ0) is 22.9. The molecule has 2 aromatic heterocycles. The minimum atomic E-state index is -0.0667. The molecule has 5 rings (SSSR count). The Bertz CT molecular complexity index is 1340. The van der Waals surface area contributed by atoms with Gasteiger partial charge in [0.05, 0.1) is 30.4 Å². The van der Waals surface area contributed by atoms with Gasteiger partial charge in [-0.1, -0.05) is 24.3 Å². The average Bonchev–Trinajstić information content (AvgIpc) is 3.08. The molecule has 1 aliphatic heterocycles. The summed E-state index contributed by atoms with van der Waals surface area (Å²) in [4.78, 5) is 19.3. The van der Waals surface area contributed by atoms with Gasteiger partial charge >= 0.3 is 5.69 Å². The highest BCUT2D eigenvalue weighted by atomic mass is 16.5. The quantitative estimate of drug-likeness (QED) is 0.471. The highest BCUT2D eigenvalue weighted by Gasteiger charge is 2.23. The molecule has 1 saturated heterocycles. The average molecular weight is 445 g/mol. The van der Waals surface area contributed by atoms with Crippen LogP contribution in [-0.2, 0) is 25.4 Å². The number of nitrogens with zero attached hydrogens (tertiary/aromatic N) is 4. The Morgan fingerprint density at radius 1 is 1.03 bits per heavy atom. The Kier molecular flexibility index (Phi) is 5.74. The van der Waals surface area contributed by atoms with Crippen molar-refractivity contribution in [3.05, 3.63) is 82.5 Å². The van der Waals surface area contributed by atoms with Crippen molar-refractivity contribution in [3.63, 3.8) is 0 Å². The predicted octanol–water partition coefficient (Wildman–Crippen LogP) is 3.52. The number of benzene rings is 2. The van der Waals surface area contributed by atoms with Crippen LogP contribution in [0.15, 0.2) is 65.6 Å². The van der Waals surface area contributed by atoms with Crippen LogP contribution < -0.4 is 10.4 Å². The lowest BCUT2D eigenvalue weighted by Crippen LogP contribution is -2.38. The van der Waals surface area contributed by atoms with Crippen LogP contribution in [0.2, 0.25) is 0 Å². The molecule has 0 bridgehead atoms. The Morgan fingerprint density at radius 3 is 2.67 bits per heavy atom. The number of aromatic nitrogens is 3. The van der Waals surface area contributed by atoms with E-state index in [0.29, 0.717) is 6.61 Å². The fourth-order valence-electron chi connectivity index (χ4n) is 4.50. The van der Waals surface area contributed by atoms with Gasteiger partial charge in [0.25, 0.3) is 0 Å². The van der Waals surface area contributed by atoms with E-state index >= 15 is 0 Å². The summed E-state index contributed by atoms with van der Waals surface area (Å²) < 4.78 is 14.8. The predicted molar refractivity (Wildman–Crippen MR) is 128 cm³/mol. The Hall–Kier alpha value is -3.42. The van der Waals surface area contributed by atoms with Crippen molar-refractivity contribution in [2.75, 3.05) is 26.8 Å². The molecule has 170 valence electrons. The lowest BCUT2D eigenvalue weighted by molar-refractivity contribution is -0.0349. The van der Waals surface area contributed by atoms with E-state index in [0.717, 1.165) is 53.2 Å². The van der Waals surface area contributed by atoms with E-state index in [2.05, 4.69) is 35.2 Å². The van der Waals surface area contributed by atoms with E-state index < -0.39 is 0 Å². The fraction of sp³-hybridized carbons (Fsp3) is 0.308. The van der Waals surface area contributed by atoms with Gasteiger partial charge in [-0.2, -0.15) is 0 Å². The highest BCUT2D eigenvalue weighted by Crippen LogP contribution is 2.27. The minimum Gasteiger partial charge on any atom is -0.497 e. The smallest absolute Gasteiger partial charge is 0.328 e. The molecule has 1 atom stereocenters. The largest absolute Gasteiger partial charge is 0.497 e. The van der Waals surface area contributed by atoms with E-state index in [4.69, 9.17) is 14.5 Å². The molecule has 0 N–H and O–H groups in total.